The first-order chi connectivity index (χ1) is 7.69. The number of hydrogen-bond acceptors (Lipinski definition) is 3. The van der Waals surface area contributed by atoms with Gasteiger partial charge in [0.1, 0.15) is 0 Å². The summed E-state index contributed by atoms with van der Waals surface area (Å²) in [5, 5.41) is 5.72. The van der Waals surface area contributed by atoms with Crippen LogP contribution in [0.15, 0.2) is 0 Å². The van der Waals surface area contributed by atoms with Gasteiger partial charge in [0.2, 0.25) is 11.8 Å². The Hall–Kier alpha value is -0.810. The van der Waals surface area contributed by atoms with Gasteiger partial charge in [-0.15, -0.1) is 12.4 Å². The zero-order valence-corrected chi connectivity index (χ0v) is 11.3. The Morgan fingerprint density at radius 1 is 1.47 bits per heavy atom. The minimum atomic E-state index is -0.104. The summed E-state index contributed by atoms with van der Waals surface area (Å²) in [4.78, 5) is 25.1. The lowest BCUT2D eigenvalue weighted by Gasteiger charge is -2.24. The van der Waals surface area contributed by atoms with Crippen LogP contribution in [0.5, 0.6) is 0 Å². The van der Waals surface area contributed by atoms with Crippen LogP contribution in [-0.2, 0) is 9.59 Å². The van der Waals surface area contributed by atoms with Crippen LogP contribution in [0.25, 0.3) is 0 Å². The molecule has 2 amide bonds. The molecule has 0 aromatic carbocycles. The maximum atomic E-state index is 12.1. The molecule has 5 nitrogen and oxygen atoms in total. The van der Waals surface area contributed by atoms with E-state index in [0.29, 0.717) is 6.54 Å². The van der Waals surface area contributed by atoms with E-state index in [0.717, 1.165) is 25.9 Å². The Balaban J connectivity index is 0.00000256. The molecule has 0 aromatic rings. The van der Waals surface area contributed by atoms with Gasteiger partial charge >= 0.3 is 0 Å². The number of likely N-dealkylation sites (N-methyl/N-ethyl adjacent to an activating group) is 1. The van der Waals surface area contributed by atoms with Gasteiger partial charge in [-0.05, 0) is 19.4 Å². The number of rotatable bonds is 5. The van der Waals surface area contributed by atoms with Crippen molar-refractivity contribution in [1.29, 1.82) is 0 Å². The maximum Gasteiger partial charge on any atom is 0.239 e. The standard InChI is InChI=1S/C11H21N3O2.ClH/c1-3-6-14(8-10(15)12-2)11(16)9-4-5-13-7-9;/h9,13H,3-8H2,1-2H3,(H,12,15);1H. The van der Waals surface area contributed by atoms with Crippen LogP contribution in [0.2, 0.25) is 0 Å². The highest BCUT2D eigenvalue weighted by atomic mass is 35.5. The zero-order valence-electron chi connectivity index (χ0n) is 10.5. The first-order valence-electron chi connectivity index (χ1n) is 5.89. The van der Waals surface area contributed by atoms with E-state index in [2.05, 4.69) is 10.6 Å². The molecule has 1 rings (SSSR count). The van der Waals surface area contributed by atoms with Crippen molar-refractivity contribution in [2.75, 3.05) is 33.2 Å². The summed E-state index contributed by atoms with van der Waals surface area (Å²) >= 11 is 0. The third-order valence-corrected chi connectivity index (χ3v) is 2.83. The average molecular weight is 264 g/mol. The van der Waals surface area contributed by atoms with E-state index in [-0.39, 0.29) is 36.7 Å². The van der Waals surface area contributed by atoms with Crippen LogP contribution in [0.3, 0.4) is 0 Å². The molecule has 1 fully saturated rings. The second-order valence-corrected chi connectivity index (χ2v) is 4.12. The van der Waals surface area contributed by atoms with E-state index < -0.39 is 0 Å². The zero-order chi connectivity index (χ0) is 12.0. The number of nitrogens with one attached hydrogen (secondary N) is 2. The molecule has 1 heterocycles. The van der Waals surface area contributed by atoms with Crippen molar-refractivity contribution in [3.8, 4) is 0 Å². The smallest absolute Gasteiger partial charge is 0.239 e. The monoisotopic (exact) mass is 263 g/mol. The maximum absolute atomic E-state index is 12.1. The lowest BCUT2D eigenvalue weighted by atomic mass is 10.1. The van der Waals surface area contributed by atoms with E-state index >= 15 is 0 Å². The molecule has 0 spiro atoms. The van der Waals surface area contributed by atoms with Crippen LogP contribution in [0.4, 0.5) is 0 Å². The molecular formula is C11H22ClN3O2. The highest BCUT2D eigenvalue weighted by Gasteiger charge is 2.27. The molecule has 0 saturated carbocycles. The third-order valence-electron chi connectivity index (χ3n) is 2.83. The van der Waals surface area contributed by atoms with Crippen LogP contribution in [0, 0.1) is 5.92 Å². The summed E-state index contributed by atoms with van der Waals surface area (Å²) < 4.78 is 0. The van der Waals surface area contributed by atoms with Gasteiger partial charge in [0.15, 0.2) is 0 Å². The van der Waals surface area contributed by atoms with Gasteiger partial charge in [0.05, 0.1) is 12.5 Å². The summed E-state index contributed by atoms with van der Waals surface area (Å²) in [7, 11) is 1.59. The first-order valence-corrected chi connectivity index (χ1v) is 5.89. The van der Waals surface area contributed by atoms with Crippen LogP contribution >= 0.6 is 12.4 Å². The minimum Gasteiger partial charge on any atom is -0.358 e. The predicted molar refractivity (Wildman–Crippen MR) is 69.2 cm³/mol. The molecule has 0 radical (unpaired) electrons. The summed E-state index contributed by atoms with van der Waals surface area (Å²) in [6, 6.07) is 0. The third kappa shape index (κ3) is 4.91. The largest absolute Gasteiger partial charge is 0.358 e. The van der Waals surface area contributed by atoms with Crippen LogP contribution in [0.1, 0.15) is 19.8 Å². The van der Waals surface area contributed by atoms with Gasteiger partial charge in [-0.25, -0.2) is 0 Å². The molecule has 1 unspecified atom stereocenters. The first kappa shape index (κ1) is 16.2. The molecule has 6 heteroatoms. The molecule has 0 aliphatic carbocycles. The fourth-order valence-corrected chi connectivity index (χ4v) is 1.91. The van der Waals surface area contributed by atoms with E-state index in [4.69, 9.17) is 0 Å². The van der Waals surface area contributed by atoms with Gasteiger partial charge in [-0.1, -0.05) is 6.92 Å². The second-order valence-electron chi connectivity index (χ2n) is 4.12. The van der Waals surface area contributed by atoms with Crippen LogP contribution in [-0.4, -0.2) is 49.9 Å². The SMILES string of the molecule is CCCN(CC(=O)NC)C(=O)C1CCNC1.Cl. The number of carbonyl (C=O) groups is 2. The molecule has 1 saturated heterocycles. The lowest BCUT2D eigenvalue weighted by Crippen LogP contribution is -2.43. The topological polar surface area (TPSA) is 61.4 Å². The molecule has 1 atom stereocenters. The lowest BCUT2D eigenvalue weighted by molar-refractivity contribution is -0.138. The number of hydrogen-bond donors (Lipinski definition) is 2. The summed E-state index contributed by atoms with van der Waals surface area (Å²) in [6.45, 7) is 4.49. The van der Waals surface area contributed by atoms with Crippen molar-refractivity contribution in [1.82, 2.24) is 15.5 Å². The quantitative estimate of drug-likeness (QED) is 0.734. The average Bonchev–Trinajstić information content (AvgIpc) is 2.80. The number of nitrogens with zero attached hydrogens (tertiary/aromatic N) is 1. The molecule has 1 aliphatic rings. The van der Waals surface area contributed by atoms with E-state index in [9.17, 15) is 9.59 Å². The number of carbonyl (C=O) groups excluding carboxylic acids is 2. The van der Waals surface area contributed by atoms with Crippen molar-refractivity contribution in [2.24, 2.45) is 5.92 Å². The summed E-state index contributed by atoms with van der Waals surface area (Å²) in [5.74, 6) is 0.0550. The molecule has 0 bridgehead atoms. The van der Waals surface area contributed by atoms with Gasteiger partial charge in [0.25, 0.3) is 0 Å². The van der Waals surface area contributed by atoms with Gasteiger partial charge in [-0.2, -0.15) is 0 Å². The minimum absolute atomic E-state index is 0. The predicted octanol–water partition coefficient (Wildman–Crippen LogP) is 0.00230. The Morgan fingerprint density at radius 3 is 2.65 bits per heavy atom. The van der Waals surface area contributed by atoms with Crippen molar-refractivity contribution >= 4 is 24.2 Å². The van der Waals surface area contributed by atoms with Gasteiger partial charge < -0.3 is 15.5 Å². The van der Waals surface area contributed by atoms with Crippen molar-refractivity contribution in [3.63, 3.8) is 0 Å². The van der Waals surface area contributed by atoms with Crippen molar-refractivity contribution in [2.45, 2.75) is 19.8 Å². The van der Waals surface area contributed by atoms with E-state index in [1.54, 1.807) is 11.9 Å². The van der Waals surface area contributed by atoms with Crippen molar-refractivity contribution < 1.29 is 9.59 Å². The number of halogens is 1. The van der Waals surface area contributed by atoms with Gasteiger partial charge in [0, 0.05) is 20.1 Å². The Bertz CT molecular complexity index is 255. The molecule has 1 aliphatic heterocycles. The molecule has 17 heavy (non-hydrogen) atoms. The van der Waals surface area contributed by atoms with Gasteiger partial charge in [-0.3, -0.25) is 9.59 Å². The van der Waals surface area contributed by atoms with Crippen LogP contribution < -0.4 is 10.6 Å². The highest BCUT2D eigenvalue weighted by molar-refractivity contribution is 5.86. The summed E-state index contributed by atoms with van der Waals surface area (Å²) in [5.41, 5.74) is 0. The number of amides is 2. The Morgan fingerprint density at radius 2 is 2.18 bits per heavy atom. The molecule has 100 valence electrons. The second kappa shape index (κ2) is 8.31. The fourth-order valence-electron chi connectivity index (χ4n) is 1.91. The van der Waals surface area contributed by atoms with Crippen molar-refractivity contribution in [3.05, 3.63) is 0 Å². The Kier molecular flexibility index (Phi) is 7.91. The normalized spacial score (nSPS) is 18.4. The van der Waals surface area contributed by atoms with E-state index in [1.165, 1.54) is 0 Å². The summed E-state index contributed by atoms with van der Waals surface area (Å²) in [6.07, 6.45) is 1.76. The molecule has 0 aromatic heterocycles. The van der Waals surface area contributed by atoms with E-state index in [1.807, 2.05) is 6.92 Å². The fraction of sp³-hybridized carbons (Fsp3) is 0.818. The molecular weight excluding hydrogens is 242 g/mol. The molecule has 2 N–H and O–H groups in total. The highest BCUT2D eigenvalue weighted by Crippen LogP contribution is 2.11. The Labute approximate surface area is 109 Å².